The summed E-state index contributed by atoms with van der Waals surface area (Å²) < 4.78 is 5.39. The number of amides is 1. The normalized spacial score (nSPS) is 14.1. The Morgan fingerprint density at radius 1 is 0.929 bits per heavy atom. The van der Waals surface area contributed by atoms with Crippen molar-refractivity contribution in [1.29, 1.82) is 0 Å². The average molecular weight is 560 g/mol. The molecule has 9 heteroatoms. The van der Waals surface area contributed by atoms with Crippen LogP contribution in [0.1, 0.15) is 45.8 Å². The van der Waals surface area contributed by atoms with Crippen molar-refractivity contribution >= 4 is 23.2 Å². The van der Waals surface area contributed by atoms with E-state index in [1.54, 1.807) is 24.8 Å². The summed E-state index contributed by atoms with van der Waals surface area (Å²) in [6.45, 7) is 6.16. The van der Waals surface area contributed by atoms with E-state index in [0.717, 1.165) is 46.7 Å². The van der Waals surface area contributed by atoms with Crippen LogP contribution < -0.4 is 10.6 Å². The SMILES string of the molecule is Cc1ccc(C(=O)Nc2ccc(C3CCN(C)CC3)cc2)cc1Nc1nccc(-c2cncc(-c3oncc3C)c2)n1. The van der Waals surface area contributed by atoms with Gasteiger partial charge < -0.3 is 20.1 Å². The summed E-state index contributed by atoms with van der Waals surface area (Å²) in [7, 11) is 2.17. The molecule has 2 aromatic carbocycles. The lowest BCUT2D eigenvalue weighted by Crippen LogP contribution is -2.29. The summed E-state index contributed by atoms with van der Waals surface area (Å²) in [4.78, 5) is 29.0. The van der Waals surface area contributed by atoms with Gasteiger partial charge >= 0.3 is 0 Å². The average Bonchev–Trinajstić information content (AvgIpc) is 3.45. The van der Waals surface area contributed by atoms with Crippen molar-refractivity contribution in [3.05, 3.63) is 102 Å². The predicted molar refractivity (Wildman–Crippen MR) is 164 cm³/mol. The first kappa shape index (κ1) is 27.3. The van der Waals surface area contributed by atoms with Gasteiger partial charge in [-0.3, -0.25) is 9.78 Å². The molecule has 1 saturated heterocycles. The molecule has 5 aromatic rings. The minimum atomic E-state index is -0.176. The Morgan fingerprint density at radius 3 is 2.48 bits per heavy atom. The fourth-order valence-electron chi connectivity index (χ4n) is 5.26. The van der Waals surface area contributed by atoms with E-state index in [4.69, 9.17) is 9.51 Å². The highest BCUT2D eigenvalue weighted by molar-refractivity contribution is 6.05. The van der Waals surface area contributed by atoms with E-state index in [9.17, 15) is 4.79 Å². The van der Waals surface area contributed by atoms with Crippen molar-refractivity contribution in [2.45, 2.75) is 32.6 Å². The Hall–Kier alpha value is -4.89. The second kappa shape index (κ2) is 11.9. The topological polar surface area (TPSA) is 109 Å². The number of pyridine rings is 1. The fourth-order valence-corrected chi connectivity index (χ4v) is 5.26. The van der Waals surface area contributed by atoms with Crippen LogP contribution in [0.5, 0.6) is 0 Å². The molecule has 0 atom stereocenters. The first-order chi connectivity index (χ1) is 20.4. The predicted octanol–water partition coefficient (Wildman–Crippen LogP) is 6.62. The molecule has 0 aliphatic carbocycles. The molecule has 1 aliphatic heterocycles. The zero-order chi connectivity index (χ0) is 29.1. The van der Waals surface area contributed by atoms with Crippen molar-refractivity contribution < 1.29 is 9.32 Å². The molecule has 0 radical (unpaired) electrons. The number of carbonyl (C=O) groups excluding carboxylic acids is 1. The molecule has 0 spiro atoms. The number of carbonyl (C=O) groups is 1. The minimum absolute atomic E-state index is 0.176. The van der Waals surface area contributed by atoms with Gasteiger partial charge in [0, 0.05) is 52.2 Å². The second-order valence-corrected chi connectivity index (χ2v) is 10.9. The van der Waals surface area contributed by atoms with Gasteiger partial charge in [0.05, 0.1) is 11.9 Å². The molecule has 0 saturated carbocycles. The fraction of sp³-hybridized carbons (Fsp3) is 0.242. The van der Waals surface area contributed by atoms with E-state index in [1.165, 1.54) is 18.4 Å². The highest BCUT2D eigenvalue weighted by Gasteiger charge is 2.18. The van der Waals surface area contributed by atoms with Crippen LogP contribution in [0, 0.1) is 13.8 Å². The third-order valence-corrected chi connectivity index (χ3v) is 7.81. The Morgan fingerprint density at radius 2 is 1.71 bits per heavy atom. The van der Waals surface area contributed by atoms with Crippen LogP contribution in [-0.4, -0.2) is 51.1 Å². The van der Waals surface area contributed by atoms with Crippen LogP contribution in [0.4, 0.5) is 17.3 Å². The van der Waals surface area contributed by atoms with Gasteiger partial charge in [-0.15, -0.1) is 0 Å². The Balaban J connectivity index is 1.16. The number of likely N-dealkylation sites (tertiary alicyclic amines) is 1. The molecule has 3 aromatic heterocycles. The van der Waals surface area contributed by atoms with Gasteiger partial charge in [-0.1, -0.05) is 23.4 Å². The molecular formula is C33H33N7O2. The van der Waals surface area contributed by atoms with Crippen LogP contribution in [0.3, 0.4) is 0 Å². The van der Waals surface area contributed by atoms with Crippen LogP contribution >= 0.6 is 0 Å². The zero-order valence-electron chi connectivity index (χ0n) is 24.0. The number of hydrogen-bond acceptors (Lipinski definition) is 8. The number of piperidine rings is 1. The van der Waals surface area contributed by atoms with Crippen LogP contribution in [0.2, 0.25) is 0 Å². The van der Waals surface area contributed by atoms with Gasteiger partial charge in [0.2, 0.25) is 5.95 Å². The molecule has 2 N–H and O–H groups in total. The summed E-state index contributed by atoms with van der Waals surface area (Å²) in [6, 6.07) is 17.6. The van der Waals surface area contributed by atoms with Gasteiger partial charge in [-0.25, -0.2) is 9.97 Å². The summed E-state index contributed by atoms with van der Waals surface area (Å²) in [5, 5.41) is 10.2. The summed E-state index contributed by atoms with van der Waals surface area (Å²) in [6.07, 6.45) is 9.19. The Bertz CT molecular complexity index is 1710. The Kier molecular flexibility index (Phi) is 7.74. The number of aryl methyl sites for hydroxylation is 2. The van der Waals surface area contributed by atoms with Crippen LogP contribution in [0.25, 0.3) is 22.6 Å². The molecule has 4 heterocycles. The van der Waals surface area contributed by atoms with Crippen molar-refractivity contribution in [2.75, 3.05) is 30.8 Å². The van der Waals surface area contributed by atoms with Gasteiger partial charge in [-0.2, -0.15) is 0 Å². The quantitative estimate of drug-likeness (QED) is 0.229. The van der Waals surface area contributed by atoms with Crippen LogP contribution in [0.15, 0.2) is 83.9 Å². The molecule has 1 aliphatic rings. The molecule has 6 rings (SSSR count). The monoisotopic (exact) mass is 559 g/mol. The number of rotatable bonds is 7. The van der Waals surface area contributed by atoms with Gasteiger partial charge in [0.25, 0.3) is 5.91 Å². The lowest BCUT2D eigenvalue weighted by molar-refractivity contribution is 0.102. The maximum Gasteiger partial charge on any atom is 0.255 e. The van der Waals surface area contributed by atoms with E-state index < -0.39 is 0 Å². The first-order valence-corrected chi connectivity index (χ1v) is 14.1. The number of benzene rings is 2. The number of nitrogens with one attached hydrogen (secondary N) is 2. The van der Waals surface area contributed by atoms with E-state index in [-0.39, 0.29) is 5.91 Å². The van der Waals surface area contributed by atoms with Crippen molar-refractivity contribution in [3.8, 4) is 22.6 Å². The first-order valence-electron chi connectivity index (χ1n) is 14.1. The summed E-state index contributed by atoms with van der Waals surface area (Å²) in [5.41, 5.74) is 7.64. The molecule has 0 unspecified atom stereocenters. The molecule has 9 nitrogen and oxygen atoms in total. The summed E-state index contributed by atoms with van der Waals surface area (Å²) >= 11 is 0. The minimum Gasteiger partial charge on any atom is -0.356 e. The van der Waals surface area contributed by atoms with Crippen molar-refractivity contribution in [3.63, 3.8) is 0 Å². The van der Waals surface area contributed by atoms with E-state index in [0.29, 0.717) is 28.9 Å². The molecule has 42 heavy (non-hydrogen) atoms. The molecule has 1 amide bonds. The smallest absolute Gasteiger partial charge is 0.255 e. The van der Waals surface area contributed by atoms with Crippen molar-refractivity contribution in [1.82, 2.24) is 25.0 Å². The third kappa shape index (κ3) is 6.06. The third-order valence-electron chi connectivity index (χ3n) is 7.81. The van der Waals surface area contributed by atoms with E-state index >= 15 is 0 Å². The molecule has 0 bridgehead atoms. The number of anilines is 3. The maximum absolute atomic E-state index is 13.2. The molecular weight excluding hydrogens is 526 g/mol. The molecule has 1 fully saturated rings. The number of hydrogen-bond donors (Lipinski definition) is 2. The van der Waals surface area contributed by atoms with E-state index in [1.807, 2.05) is 56.3 Å². The largest absolute Gasteiger partial charge is 0.356 e. The summed E-state index contributed by atoms with van der Waals surface area (Å²) in [5.74, 6) is 1.50. The Labute approximate surface area is 245 Å². The van der Waals surface area contributed by atoms with Gasteiger partial charge in [0.1, 0.15) is 0 Å². The second-order valence-electron chi connectivity index (χ2n) is 10.9. The zero-order valence-corrected chi connectivity index (χ0v) is 24.0. The standard InChI is InChI=1S/C33H33N7O2/c1-21-4-5-25(32(41)37-28-8-6-23(7-9-28)24-11-14-40(3)15-12-24)17-30(21)39-33-35-13-10-29(38-33)26-16-27(20-34-19-26)31-22(2)18-36-42-31/h4-10,13,16-20,24H,11-12,14-15H2,1-3H3,(H,37,41)(H,35,38,39). The highest BCUT2D eigenvalue weighted by Crippen LogP contribution is 2.29. The van der Waals surface area contributed by atoms with Crippen LogP contribution in [-0.2, 0) is 0 Å². The lowest BCUT2D eigenvalue weighted by atomic mass is 9.89. The number of nitrogens with zero attached hydrogens (tertiary/aromatic N) is 5. The van der Waals surface area contributed by atoms with Gasteiger partial charge in [0.15, 0.2) is 5.76 Å². The van der Waals surface area contributed by atoms with E-state index in [2.05, 4.69) is 49.8 Å². The number of aromatic nitrogens is 4. The lowest BCUT2D eigenvalue weighted by Gasteiger charge is -2.29. The molecule has 212 valence electrons. The van der Waals surface area contributed by atoms with Crippen molar-refractivity contribution in [2.24, 2.45) is 0 Å². The van der Waals surface area contributed by atoms with Gasteiger partial charge in [-0.05, 0) is 100 Å². The maximum atomic E-state index is 13.2. The highest BCUT2D eigenvalue weighted by atomic mass is 16.5.